The molecule has 1 heterocycles. The highest BCUT2D eigenvalue weighted by atomic mass is 15.2. The molecule has 11 heavy (non-hydrogen) atoms. The fourth-order valence-electron chi connectivity index (χ4n) is 2.89. The van der Waals surface area contributed by atoms with Crippen molar-refractivity contribution in [3.05, 3.63) is 0 Å². The predicted octanol–water partition coefficient (Wildman–Crippen LogP) is 1.98. The van der Waals surface area contributed by atoms with E-state index in [9.17, 15) is 0 Å². The van der Waals surface area contributed by atoms with Gasteiger partial charge in [-0.05, 0) is 30.2 Å². The van der Waals surface area contributed by atoms with Gasteiger partial charge in [-0.15, -0.1) is 0 Å². The molecule has 2 atom stereocenters. The molecule has 0 radical (unpaired) electrons. The van der Waals surface area contributed by atoms with Crippen LogP contribution in [0.15, 0.2) is 0 Å². The van der Waals surface area contributed by atoms with Gasteiger partial charge in [0.05, 0.1) is 0 Å². The Morgan fingerprint density at radius 3 is 2.27 bits per heavy atom. The van der Waals surface area contributed by atoms with Gasteiger partial charge in [0.2, 0.25) is 0 Å². The zero-order chi connectivity index (χ0) is 8.28. The maximum atomic E-state index is 2.49. The monoisotopic (exact) mass is 153 g/mol. The normalized spacial score (nSPS) is 44.2. The van der Waals surface area contributed by atoms with Gasteiger partial charge >= 0.3 is 0 Å². The Hall–Kier alpha value is -0.0400. The van der Waals surface area contributed by atoms with E-state index in [0.717, 1.165) is 5.92 Å². The van der Waals surface area contributed by atoms with Crippen molar-refractivity contribution in [3.63, 3.8) is 0 Å². The maximum Gasteiger partial charge on any atom is 0.00433 e. The molecule has 0 aromatic rings. The van der Waals surface area contributed by atoms with Crippen LogP contribution in [0.5, 0.6) is 0 Å². The summed E-state index contributed by atoms with van der Waals surface area (Å²) in [7, 11) is 2.25. The fourth-order valence-corrected chi connectivity index (χ4v) is 2.89. The van der Waals surface area contributed by atoms with Gasteiger partial charge in [0.15, 0.2) is 0 Å². The third-order valence-corrected chi connectivity index (χ3v) is 3.81. The van der Waals surface area contributed by atoms with Crippen molar-refractivity contribution in [2.75, 3.05) is 20.1 Å². The second-order valence-electron chi connectivity index (χ2n) is 5.50. The Bertz CT molecular complexity index is 180. The fraction of sp³-hybridized carbons (Fsp3) is 1.00. The number of piperidine rings is 1. The molecule has 64 valence electrons. The molecule has 2 fully saturated rings. The standard InChI is InChI=1S/C10H19N/c1-9(2,3)10-5-8(10)6-11(4)7-10/h8H,5-7H2,1-4H3. The molecule has 1 aliphatic carbocycles. The zero-order valence-corrected chi connectivity index (χ0v) is 8.15. The summed E-state index contributed by atoms with van der Waals surface area (Å²) in [6.45, 7) is 9.86. The van der Waals surface area contributed by atoms with Crippen molar-refractivity contribution in [1.29, 1.82) is 0 Å². The van der Waals surface area contributed by atoms with Crippen molar-refractivity contribution in [3.8, 4) is 0 Å². The van der Waals surface area contributed by atoms with Gasteiger partial charge in [-0.25, -0.2) is 0 Å². The molecule has 0 aromatic heterocycles. The first-order valence-electron chi connectivity index (χ1n) is 4.64. The lowest BCUT2D eigenvalue weighted by molar-refractivity contribution is 0.188. The Balaban J connectivity index is 2.16. The molecule has 1 saturated heterocycles. The van der Waals surface area contributed by atoms with Gasteiger partial charge in [-0.3, -0.25) is 0 Å². The Morgan fingerprint density at radius 2 is 2.00 bits per heavy atom. The van der Waals surface area contributed by atoms with Crippen molar-refractivity contribution < 1.29 is 0 Å². The van der Waals surface area contributed by atoms with E-state index in [1.165, 1.54) is 19.5 Å². The first-order valence-corrected chi connectivity index (χ1v) is 4.64. The highest BCUT2D eigenvalue weighted by Crippen LogP contribution is 2.66. The quantitative estimate of drug-likeness (QED) is 0.514. The van der Waals surface area contributed by atoms with Crippen LogP contribution in [-0.4, -0.2) is 25.0 Å². The first-order chi connectivity index (χ1) is 4.96. The van der Waals surface area contributed by atoms with Gasteiger partial charge in [-0.1, -0.05) is 20.8 Å². The van der Waals surface area contributed by atoms with E-state index in [1.807, 2.05) is 0 Å². The minimum absolute atomic E-state index is 0.530. The first kappa shape index (κ1) is 7.60. The van der Waals surface area contributed by atoms with E-state index < -0.39 is 0 Å². The largest absolute Gasteiger partial charge is 0.305 e. The summed E-state index contributed by atoms with van der Waals surface area (Å²) < 4.78 is 0. The summed E-state index contributed by atoms with van der Waals surface area (Å²) in [5.41, 5.74) is 1.23. The summed E-state index contributed by atoms with van der Waals surface area (Å²) in [6, 6.07) is 0. The van der Waals surface area contributed by atoms with E-state index in [1.54, 1.807) is 0 Å². The van der Waals surface area contributed by atoms with Gasteiger partial charge in [0.25, 0.3) is 0 Å². The number of rotatable bonds is 0. The number of hydrogen-bond donors (Lipinski definition) is 0. The molecular weight excluding hydrogens is 134 g/mol. The molecule has 2 aliphatic rings. The van der Waals surface area contributed by atoms with Crippen LogP contribution in [0.2, 0.25) is 0 Å². The molecular formula is C10H19N. The molecule has 1 heteroatoms. The van der Waals surface area contributed by atoms with Crippen LogP contribution in [0.3, 0.4) is 0 Å². The van der Waals surface area contributed by atoms with Crippen LogP contribution in [0.4, 0.5) is 0 Å². The zero-order valence-electron chi connectivity index (χ0n) is 8.15. The van der Waals surface area contributed by atoms with Gasteiger partial charge < -0.3 is 4.90 Å². The second-order valence-corrected chi connectivity index (χ2v) is 5.50. The van der Waals surface area contributed by atoms with Gasteiger partial charge in [-0.2, -0.15) is 0 Å². The van der Waals surface area contributed by atoms with E-state index in [-0.39, 0.29) is 0 Å². The van der Waals surface area contributed by atoms with Crippen molar-refractivity contribution in [1.82, 2.24) is 4.90 Å². The smallest absolute Gasteiger partial charge is 0.00433 e. The molecule has 1 aliphatic heterocycles. The highest BCUT2D eigenvalue weighted by molar-refractivity contribution is 5.14. The minimum atomic E-state index is 0.530. The summed E-state index contributed by atoms with van der Waals surface area (Å²) >= 11 is 0. The Labute approximate surface area is 69.8 Å². The summed E-state index contributed by atoms with van der Waals surface area (Å²) in [6.07, 6.45) is 1.49. The lowest BCUT2D eigenvalue weighted by Crippen LogP contribution is -2.29. The average Bonchev–Trinajstić information content (AvgIpc) is 2.35. The average molecular weight is 153 g/mol. The molecule has 0 N–H and O–H groups in total. The molecule has 0 aromatic carbocycles. The molecule has 2 rings (SSSR count). The van der Waals surface area contributed by atoms with E-state index in [2.05, 4.69) is 32.7 Å². The van der Waals surface area contributed by atoms with Crippen LogP contribution in [0, 0.1) is 16.7 Å². The van der Waals surface area contributed by atoms with Crippen molar-refractivity contribution in [2.24, 2.45) is 16.7 Å². The van der Waals surface area contributed by atoms with Gasteiger partial charge in [0, 0.05) is 13.1 Å². The number of hydrogen-bond acceptors (Lipinski definition) is 1. The van der Waals surface area contributed by atoms with E-state index >= 15 is 0 Å². The SMILES string of the molecule is CN1CC2CC2(C(C)(C)C)C1. The summed E-state index contributed by atoms with van der Waals surface area (Å²) in [5, 5.41) is 0. The highest BCUT2D eigenvalue weighted by Gasteiger charge is 2.64. The number of nitrogens with zero attached hydrogens (tertiary/aromatic N) is 1. The van der Waals surface area contributed by atoms with Crippen molar-refractivity contribution >= 4 is 0 Å². The van der Waals surface area contributed by atoms with Crippen molar-refractivity contribution in [2.45, 2.75) is 27.2 Å². The molecule has 1 nitrogen and oxygen atoms in total. The molecule has 0 spiro atoms. The summed E-state index contributed by atoms with van der Waals surface area (Å²) in [4.78, 5) is 2.49. The molecule has 0 amide bonds. The van der Waals surface area contributed by atoms with Crippen LogP contribution >= 0.6 is 0 Å². The minimum Gasteiger partial charge on any atom is -0.305 e. The lowest BCUT2D eigenvalue weighted by Gasteiger charge is -2.30. The molecule has 1 saturated carbocycles. The van der Waals surface area contributed by atoms with E-state index in [0.29, 0.717) is 10.8 Å². The van der Waals surface area contributed by atoms with E-state index in [4.69, 9.17) is 0 Å². The second kappa shape index (κ2) is 1.82. The van der Waals surface area contributed by atoms with Crippen LogP contribution in [0.25, 0.3) is 0 Å². The van der Waals surface area contributed by atoms with Gasteiger partial charge in [0.1, 0.15) is 0 Å². The Morgan fingerprint density at radius 1 is 1.36 bits per heavy atom. The number of fused-ring (bicyclic) bond motifs is 1. The predicted molar refractivity (Wildman–Crippen MR) is 47.5 cm³/mol. The lowest BCUT2D eigenvalue weighted by atomic mass is 9.77. The third-order valence-electron chi connectivity index (χ3n) is 3.81. The molecule has 2 unspecified atom stereocenters. The topological polar surface area (TPSA) is 3.24 Å². The van der Waals surface area contributed by atoms with Crippen LogP contribution < -0.4 is 0 Å². The number of likely N-dealkylation sites (tertiary alicyclic amines) is 1. The Kier molecular flexibility index (Phi) is 1.26. The third kappa shape index (κ3) is 0.868. The summed E-state index contributed by atoms with van der Waals surface area (Å²) in [5.74, 6) is 1.02. The molecule has 0 bridgehead atoms. The van der Waals surface area contributed by atoms with Crippen LogP contribution in [-0.2, 0) is 0 Å². The van der Waals surface area contributed by atoms with Crippen LogP contribution in [0.1, 0.15) is 27.2 Å². The maximum absolute atomic E-state index is 2.49.